The number of aryl methyl sites for hydroxylation is 1. The summed E-state index contributed by atoms with van der Waals surface area (Å²) in [6, 6.07) is 34.3. The van der Waals surface area contributed by atoms with Crippen LogP contribution in [0.4, 0.5) is 0 Å². The molecule has 4 aliphatic rings. The summed E-state index contributed by atoms with van der Waals surface area (Å²) in [6.07, 6.45) is 30.1. The lowest BCUT2D eigenvalue weighted by Gasteiger charge is -2.29. The first kappa shape index (κ1) is 30.5. The molecule has 256 valence electrons. The van der Waals surface area contributed by atoms with Gasteiger partial charge in [-0.2, -0.15) is 0 Å². The lowest BCUT2D eigenvalue weighted by Crippen LogP contribution is -2.34. The van der Waals surface area contributed by atoms with E-state index >= 15 is 0 Å². The van der Waals surface area contributed by atoms with Crippen LogP contribution in [-0.4, -0.2) is 0 Å². The van der Waals surface area contributed by atoms with Crippen molar-refractivity contribution < 1.29 is 4.42 Å². The number of hydrogen-bond acceptors (Lipinski definition) is 2. The number of benzene rings is 6. The van der Waals surface area contributed by atoms with Crippen molar-refractivity contribution in [2.24, 2.45) is 11.8 Å². The molecule has 0 saturated heterocycles. The van der Waals surface area contributed by atoms with Crippen molar-refractivity contribution in [3.8, 4) is 22.3 Å². The summed E-state index contributed by atoms with van der Waals surface area (Å²) >= 11 is 1.92. The van der Waals surface area contributed by atoms with E-state index in [0.29, 0.717) is 11.8 Å². The molecule has 0 bridgehead atoms. The van der Waals surface area contributed by atoms with E-state index in [-0.39, 0.29) is 0 Å². The van der Waals surface area contributed by atoms with Gasteiger partial charge in [-0.3, -0.25) is 0 Å². The van der Waals surface area contributed by atoms with Crippen molar-refractivity contribution in [1.82, 2.24) is 0 Å². The fraction of sp³-hybridized carbons (Fsp3) is 0.115. The molecule has 0 spiro atoms. The second-order valence-electron chi connectivity index (χ2n) is 15.3. The third kappa shape index (κ3) is 4.50. The molecule has 8 aromatic rings. The van der Waals surface area contributed by atoms with Gasteiger partial charge in [-0.1, -0.05) is 115 Å². The Labute approximate surface area is 317 Å². The Morgan fingerprint density at radius 3 is 2.31 bits per heavy atom. The van der Waals surface area contributed by atoms with E-state index < -0.39 is 0 Å². The highest BCUT2D eigenvalue weighted by Gasteiger charge is 2.27. The lowest BCUT2D eigenvalue weighted by atomic mass is 9.74. The van der Waals surface area contributed by atoms with Gasteiger partial charge in [0.15, 0.2) is 0 Å². The van der Waals surface area contributed by atoms with Gasteiger partial charge >= 0.3 is 0 Å². The fourth-order valence-electron chi connectivity index (χ4n) is 9.85. The van der Waals surface area contributed by atoms with Crippen LogP contribution in [0.25, 0.3) is 99.6 Å². The standard InChI is InChI=1S/C52H36OS/c1-2-15-36-31(11-1)12-10-21-38(36)51-41-19-5-3-17-39(41)50(40-18-4-6-20-42(40)51)35-14-9-13-32(27-35)33-23-25-46-45(28-33)52-43-30-49-44(29-34(43)24-26-47(52)53-46)37-16-7-8-22-48(37)54-49/h1-3,5,8-15,17-31,36H,4,6-7,16H2. The Bertz CT molecular complexity index is 3230. The van der Waals surface area contributed by atoms with Crippen LogP contribution < -0.4 is 10.4 Å². The van der Waals surface area contributed by atoms with Crippen LogP contribution in [0.2, 0.25) is 0 Å². The molecule has 0 radical (unpaired) electrons. The molecule has 1 nitrogen and oxygen atoms in total. The third-order valence-corrected chi connectivity index (χ3v) is 13.5. The molecule has 2 heterocycles. The maximum absolute atomic E-state index is 6.51. The number of hydrogen-bond donors (Lipinski definition) is 0. The second kappa shape index (κ2) is 11.8. The first-order chi connectivity index (χ1) is 26.8. The Balaban J connectivity index is 1.04. The summed E-state index contributed by atoms with van der Waals surface area (Å²) in [6.45, 7) is 0. The van der Waals surface area contributed by atoms with Crippen molar-refractivity contribution in [2.45, 2.75) is 25.7 Å². The topological polar surface area (TPSA) is 13.1 Å². The average Bonchev–Trinajstić information content (AvgIpc) is 3.79. The molecule has 0 aliphatic heterocycles. The van der Waals surface area contributed by atoms with Crippen molar-refractivity contribution in [3.05, 3.63) is 166 Å². The second-order valence-corrected chi connectivity index (χ2v) is 16.4. The van der Waals surface area contributed by atoms with Gasteiger partial charge in [-0.25, -0.2) is 0 Å². The van der Waals surface area contributed by atoms with Crippen LogP contribution in [0.3, 0.4) is 0 Å². The average molecular weight is 709 g/mol. The molecule has 54 heavy (non-hydrogen) atoms. The Kier molecular flexibility index (Phi) is 6.65. The quantitative estimate of drug-likeness (QED) is 0.178. The van der Waals surface area contributed by atoms with Crippen molar-refractivity contribution >= 4 is 88.7 Å². The van der Waals surface area contributed by atoms with Gasteiger partial charge in [0.05, 0.1) is 0 Å². The largest absolute Gasteiger partial charge is 0.456 e. The van der Waals surface area contributed by atoms with Gasteiger partial charge in [-0.15, -0.1) is 11.3 Å². The molecule has 2 atom stereocenters. The minimum Gasteiger partial charge on any atom is -0.456 e. The Hall–Kier alpha value is -5.96. The van der Waals surface area contributed by atoms with Crippen LogP contribution in [0, 0.1) is 11.8 Å². The number of furan rings is 1. The molecule has 6 aromatic carbocycles. The van der Waals surface area contributed by atoms with Crippen LogP contribution in [-0.2, 0) is 6.42 Å². The van der Waals surface area contributed by atoms with Crippen molar-refractivity contribution in [1.29, 1.82) is 0 Å². The molecule has 2 heteroatoms. The molecule has 0 amide bonds. The van der Waals surface area contributed by atoms with E-state index in [1.807, 2.05) is 11.3 Å². The molecule has 4 aliphatic carbocycles. The maximum Gasteiger partial charge on any atom is 0.136 e. The SMILES string of the molecule is C1=CC2C=CC=C(c3c4c(c(-c5cccc(-c6ccc7oc8ccc9cc%10c%11c(sc%10cc9c8c7c6)C=CCC%11)c5)c5ccccc35)=CCCC=4)C2C=C1. The van der Waals surface area contributed by atoms with E-state index in [4.69, 9.17) is 4.42 Å². The molecule has 12 rings (SSSR count). The normalized spacial score (nSPS) is 18.6. The smallest absolute Gasteiger partial charge is 0.136 e. The van der Waals surface area contributed by atoms with Gasteiger partial charge in [0.1, 0.15) is 11.2 Å². The number of thiophene rings is 1. The number of rotatable bonds is 3. The summed E-state index contributed by atoms with van der Waals surface area (Å²) in [5.74, 6) is 0.747. The molecule has 0 saturated carbocycles. The highest BCUT2D eigenvalue weighted by molar-refractivity contribution is 7.20. The molecule has 0 fully saturated rings. The lowest BCUT2D eigenvalue weighted by molar-refractivity contribution is 0.669. The summed E-state index contributed by atoms with van der Waals surface area (Å²) in [5, 5.41) is 11.8. The van der Waals surface area contributed by atoms with Crippen LogP contribution in [0.15, 0.2) is 144 Å². The first-order valence-corrected chi connectivity index (χ1v) is 20.2. The zero-order valence-electron chi connectivity index (χ0n) is 29.8. The summed E-state index contributed by atoms with van der Waals surface area (Å²) < 4.78 is 7.87. The van der Waals surface area contributed by atoms with E-state index in [1.165, 1.54) is 96.7 Å². The van der Waals surface area contributed by atoms with E-state index in [2.05, 4.69) is 158 Å². The molecule has 2 unspecified atom stereocenters. The van der Waals surface area contributed by atoms with E-state index in [0.717, 1.165) is 36.8 Å². The van der Waals surface area contributed by atoms with Gasteiger partial charge in [0.25, 0.3) is 0 Å². The van der Waals surface area contributed by atoms with Crippen LogP contribution in [0.1, 0.15) is 35.3 Å². The van der Waals surface area contributed by atoms with Crippen LogP contribution in [0.5, 0.6) is 0 Å². The third-order valence-electron chi connectivity index (χ3n) is 12.3. The summed E-state index contributed by atoms with van der Waals surface area (Å²) in [4.78, 5) is 1.41. The van der Waals surface area contributed by atoms with Crippen molar-refractivity contribution in [2.75, 3.05) is 0 Å². The van der Waals surface area contributed by atoms with Gasteiger partial charge < -0.3 is 4.42 Å². The highest BCUT2D eigenvalue weighted by Crippen LogP contribution is 2.43. The summed E-state index contributed by atoms with van der Waals surface area (Å²) in [7, 11) is 0. The number of fused-ring (bicyclic) bond motifs is 11. The Morgan fingerprint density at radius 2 is 1.39 bits per heavy atom. The predicted molar refractivity (Wildman–Crippen MR) is 232 cm³/mol. The minimum absolute atomic E-state index is 0.349. The molecular formula is C52H36OS. The first-order valence-electron chi connectivity index (χ1n) is 19.4. The van der Waals surface area contributed by atoms with Gasteiger partial charge in [0.2, 0.25) is 0 Å². The molecule has 2 aromatic heterocycles. The van der Waals surface area contributed by atoms with Crippen LogP contribution >= 0.6 is 11.3 Å². The van der Waals surface area contributed by atoms with Gasteiger partial charge in [0, 0.05) is 32.2 Å². The minimum atomic E-state index is 0.349. The maximum atomic E-state index is 6.51. The van der Waals surface area contributed by atoms with Gasteiger partial charge in [-0.05, 0) is 144 Å². The highest BCUT2D eigenvalue weighted by atomic mass is 32.1. The number of allylic oxidation sites excluding steroid dienone is 9. The van der Waals surface area contributed by atoms with Crippen molar-refractivity contribution in [3.63, 3.8) is 0 Å². The fourth-order valence-corrected chi connectivity index (χ4v) is 11.1. The predicted octanol–water partition coefficient (Wildman–Crippen LogP) is 13.1. The van der Waals surface area contributed by atoms with E-state index in [1.54, 1.807) is 0 Å². The zero-order valence-corrected chi connectivity index (χ0v) is 30.6. The zero-order chi connectivity index (χ0) is 35.3. The Morgan fingerprint density at radius 1 is 0.593 bits per heavy atom. The molecule has 0 N–H and O–H groups in total. The molecular weight excluding hydrogens is 673 g/mol. The summed E-state index contributed by atoms with van der Waals surface area (Å²) in [5.41, 5.74) is 11.2. The monoisotopic (exact) mass is 708 g/mol. The van der Waals surface area contributed by atoms with E-state index in [9.17, 15) is 0 Å².